The summed E-state index contributed by atoms with van der Waals surface area (Å²) in [5, 5.41) is 21.6. The fourth-order valence-electron chi connectivity index (χ4n) is 2.40. The molecule has 23 heavy (non-hydrogen) atoms. The van der Waals surface area contributed by atoms with Crippen molar-refractivity contribution < 1.29 is 15.0 Å². The van der Waals surface area contributed by atoms with Crippen molar-refractivity contribution in [3.63, 3.8) is 0 Å². The van der Waals surface area contributed by atoms with E-state index in [-0.39, 0.29) is 11.8 Å². The molecule has 0 fully saturated rings. The molecule has 0 saturated carbocycles. The van der Waals surface area contributed by atoms with Gasteiger partial charge in [0, 0.05) is 12.6 Å². The normalized spacial score (nSPS) is 13.4. The van der Waals surface area contributed by atoms with Gasteiger partial charge in [0.15, 0.2) is 0 Å². The van der Waals surface area contributed by atoms with Gasteiger partial charge in [-0.05, 0) is 36.1 Å². The molecule has 0 radical (unpaired) electrons. The summed E-state index contributed by atoms with van der Waals surface area (Å²) in [5.74, 6) is -0.747. The lowest BCUT2D eigenvalue weighted by Gasteiger charge is -2.18. The molecule has 2 aromatic carbocycles. The van der Waals surface area contributed by atoms with Crippen molar-refractivity contribution in [3.8, 4) is 5.75 Å². The monoisotopic (exact) mass is 314 g/mol. The van der Waals surface area contributed by atoms with Gasteiger partial charge < -0.3 is 21.3 Å². The number of hydrogen-bond donors (Lipinski definition) is 4. The molecule has 2 rings (SSSR count). The Morgan fingerprint density at radius 1 is 1.00 bits per heavy atom. The van der Waals surface area contributed by atoms with Gasteiger partial charge in [0.05, 0.1) is 0 Å². The van der Waals surface area contributed by atoms with E-state index in [9.17, 15) is 15.0 Å². The molecule has 0 saturated heterocycles. The number of phenolic OH excluding ortho intramolecular Hbond substituents is 1. The number of benzene rings is 2. The highest BCUT2D eigenvalue weighted by Crippen LogP contribution is 2.11. The van der Waals surface area contributed by atoms with Gasteiger partial charge >= 0.3 is 5.97 Å². The number of nitrogens with two attached hydrogens (primary N) is 1. The highest BCUT2D eigenvalue weighted by molar-refractivity contribution is 5.73. The van der Waals surface area contributed by atoms with Crippen molar-refractivity contribution >= 4 is 5.97 Å². The Hall–Kier alpha value is -2.37. The molecule has 5 nitrogen and oxygen atoms in total. The van der Waals surface area contributed by atoms with Gasteiger partial charge in [0.25, 0.3) is 0 Å². The molecule has 2 atom stereocenters. The highest BCUT2D eigenvalue weighted by Gasteiger charge is 2.18. The van der Waals surface area contributed by atoms with Crippen LogP contribution < -0.4 is 11.1 Å². The first-order valence-corrected chi connectivity index (χ1v) is 7.58. The molecular formula is C18H22N2O3. The Morgan fingerprint density at radius 3 is 2.22 bits per heavy atom. The second-order valence-electron chi connectivity index (χ2n) is 5.62. The van der Waals surface area contributed by atoms with E-state index in [4.69, 9.17) is 5.73 Å². The quantitative estimate of drug-likeness (QED) is 0.593. The van der Waals surface area contributed by atoms with E-state index in [1.54, 1.807) is 24.3 Å². The molecule has 122 valence electrons. The summed E-state index contributed by atoms with van der Waals surface area (Å²) in [5.41, 5.74) is 8.06. The first kappa shape index (κ1) is 17.0. The van der Waals surface area contributed by atoms with Crippen molar-refractivity contribution in [1.82, 2.24) is 5.32 Å². The molecule has 0 aromatic heterocycles. The fourth-order valence-corrected chi connectivity index (χ4v) is 2.40. The minimum atomic E-state index is -0.912. The standard InChI is InChI=1S/C18H22N2O3/c19-15(10-13-4-2-1-3-5-13)12-20-17(18(22)23)11-14-6-8-16(21)9-7-14/h1-9,15,17,20-21H,10-12,19H2,(H,22,23)/t15-,17-/m0/s1. The van der Waals surface area contributed by atoms with Gasteiger partial charge in [-0.3, -0.25) is 4.79 Å². The highest BCUT2D eigenvalue weighted by atomic mass is 16.4. The Balaban J connectivity index is 1.87. The third kappa shape index (κ3) is 5.73. The van der Waals surface area contributed by atoms with Gasteiger partial charge in [-0.25, -0.2) is 0 Å². The maximum Gasteiger partial charge on any atom is 0.321 e. The predicted octanol–water partition coefficient (Wildman–Crippen LogP) is 1.55. The third-order valence-electron chi connectivity index (χ3n) is 3.64. The van der Waals surface area contributed by atoms with Crippen LogP contribution in [0.4, 0.5) is 0 Å². The average Bonchev–Trinajstić information content (AvgIpc) is 2.54. The Labute approximate surface area is 135 Å². The van der Waals surface area contributed by atoms with Crippen LogP contribution in [0.5, 0.6) is 5.75 Å². The Bertz CT molecular complexity index is 614. The molecular weight excluding hydrogens is 292 g/mol. The lowest BCUT2D eigenvalue weighted by molar-refractivity contribution is -0.139. The summed E-state index contributed by atoms with van der Waals surface area (Å²) in [7, 11) is 0. The number of aliphatic carboxylic acids is 1. The minimum absolute atomic E-state index is 0.154. The second kappa shape index (κ2) is 8.31. The van der Waals surface area contributed by atoms with Crippen LogP contribution in [0.1, 0.15) is 11.1 Å². The molecule has 0 amide bonds. The van der Waals surface area contributed by atoms with Crippen molar-refractivity contribution in [3.05, 3.63) is 65.7 Å². The van der Waals surface area contributed by atoms with E-state index in [2.05, 4.69) is 5.32 Å². The zero-order valence-corrected chi connectivity index (χ0v) is 12.9. The first-order valence-electron chi connectivity index (χ1n) is 7.58. The molecule has 0 aliphatic carbocycles. The molecule has 0 aliphatic heterocycles. The molecule has 0 unspecified atom stereocenters. The maximum atomic E-state index is 11.4. The number of nitrogens with one attached hydrogen (secondary N) is 1. The van der Waals surface area contributed by atoms with Gasteiger partial charge in [0.2, 0.25) is 0 Å². The third-order valence-corrected chi connectivity index (χ3v) is 3.64. The summed E-state index contributed by atoms with van der Waals surface area (Å²) < 4.78 is 0. The largest absolute Gasteiger partial charge is 0.508 e. The molecule has 2 aromatic rings. The number of aromatic hydroxyl groups is 1. The molecule has 0 spiro atoms. The molecule has 5 heteroatoms. The Morgan fingerprint density at radius 2 is 1.61 bits per heavy atom. The van der Waals surface area contributed by atoms with Crippen LogP contribution in [0.3, 0.4) is 0 Å². The van der Waals surface area contributed by atoms with Crippen molar-refractivity contribution in [2.45, 2.75) is 24.9 Å². The van der Waals surface area contributed by atoms with Crippen molar-refractivity contribution in [2.24, 2.45) is 5.73 Å². The molecule has 0 aliphatic rings. The van der Waals surface area contributed by atoms with Crippen LogP contribution in [-0.2, 0) is 17.6 Å². The van der Waals surface area contributed by atoms with Crippen LogP contribution in [0.15, 0.2) is 54.6 Å². The average molecular weight is 314 g/mol. The minimum Gasteiger partial charge on any atom is -0.508 e. The molecule has 0 heterocycles. The van der Waals surface area contributed by atoms with Crippen molar-refractivity contribution in [2.75, 3.05) is 6.54 Å². The van der Waals surface area contributed by atoms with Gasteiger partial charge in [-0.15, -0.1) is 0 Å². The van der Waals surface area contributed by atoms with E-state index in [1.165, 1.54) is 0 Å². The summed E-state index contributed by atoms with van der Waals surface area (Å²) in [6.45, 7) is 0.421. The lowest BCUT2D eigenvalue weighted by Crippen LogP contribution is -2.45. The number of rotatable bonds is 8. The summed E-state index contributed by atoms with van der Waals surface area (Å²) in [6.07, 6.45) is 1.03. The van der Waals surface area contributed by atoms with E-state index in [0.29, 0.717) is 19.4 Å². The zero-order chi connectivity index (χ0) is 16.7. The van der Waals surface area contributed by atoms with Gasteiger partial charge in [-0.1, -0.05) is 42.5 Å². The number of phenols is 1. The first-order chi connectivity index (χ1) is 11.0. The number of hydrogen-bond acceptors (Lipinski definition) is 4. The topological polar surface area (TPSA) is 95.6 Å². The smallest absolute Gasteiger partial charge is 0.321 e. The van der Waals surface area contributed by atoms with E-state index in [0.717, 1.165) is 11.1 Å². The summed E-state index contributed by atoms with van der Waals surface area (Å²) in [6, 6.07) is 15.6. The molecule has 5 N–H and O–H groups in total. The van der Waals surface area contributed by atoms with Crippen LogP contribution in [0, 0.1) is 0 Å². The number of carbonyl (C=O) groups is 1. The van der Waals surface area contributed by atoms with Crippen LogP contribution >= 0.6 is 0 Å². The van der Waals surface area contributed by atoms with Crippen LogP contribution in [0.25, 0.3) is 0 Å². The summed E-state index contributed by atoms with van der Waals surface area (Å²) in [4.78, 5) is 11.4. The second-order valence-corrected chi connectivity index (χ2v) is 5.62. The van der Waals surface area contributed by atoms with Crippen LogP contribution in [-0.4, -0.2) is 34.8 Å². The van der Waals surface area contributed by atoms with Gasteiger partial charge in [-0.2, -0.15) is 0 Å². The van der Waals surface area contributed by atoms with Crippen LogP contribution in [0.2, 0.25) is 0 Å². The lowest BCUT2D eigenvalue weighted by atomic mass is 10.0. The maximum absolute atomic E-state index is 11.4. The number of carboxylic acid groups (broad SMARTS) is 1. The SMILES string of the molecule is N[C@H](CN[C@@H](Cc1ccc(O)cc1)C(=O)O)Cc1ccccc1. The fraction of sp³-hybridized carbons (Fsp3) is 0.278. The molecule has 0 bridgehead atoms. The summed E-state index contributed by atoms with van der Waals surface area (Å²) >= 11 is 0. The zero-order valence-electron chi connectivity index (χ0n) is 12.9. The number of carboxylic acids is 1. The predicted molar refractivity (Wildman–Crippen MR) is 89.4 cm³/mol. The van der Waals surface area contributed by atoms with E-state index < -0.39 is 12.0 Å². The van der Waals surface area contributed by atoms with Crippen molar-refractivity contribution in [1.29, 1.82) is 0 Å². The van der Waals surface area contributed by atoms with E-state index >= 15 is 0 Å². The van der Waals surface area contributed by atoms with E-state index in [1.807, 2.05) is 30.3 Å². The Kier molecular flexibility index (Phi) is 6.14. The van der Waals surface area contributed by atoms with Gasteiger partial charge in [0.1, 0.15) is 11.8 Å².